The van der Waals surface area contributed by atoms with E-state index in [4.69, 9.17) is 9.97 Å². The Balaban J connectivity index is 0.000000105. The summed E-state index contributed by atoms with van der Waals surface area (Å²) >= 11 is 0. The molecule has 26 heteroatoms. The van der Waals surface area contributed by atoms with Gasteiger partial charge in [0.05, 0.1) is 72.8 Å². The fourth-order valence-corrected chi connectivity index (χ4v) is 16.5. The lowest BCUT2D eigenvalue weighted by atomic mass is 10.0. The van der Waals surface area contributed by atoms with Gasteiger partial charge < -0.3 is 27.4 Å². The predicted octanol–water partition coefficient (Wildman–Crippen LogP) is 13.7. The van der Waals surface area contributed by atoms with E-state index >= 15 is 0 Å². The van der Waals surface area contributed by atoms with Crippen LogP contribution in [0.2, 0.25) is 0 Å². The number of hydrogen-bond acceptors (Lipinski definition) is 14. The summed E-state index contributed by atoms with van der Waals surface area (Å²) in [7, 11) is 0. The second-order valence-electron chi connectivity index (χ2n) is 29.9. The first kappa shape index (κ1) is 63.1. The van der Waals surface area contributed by atoms with Gasteiger partial charge in [-0.3, -0.25) is 29.1 Å². The van der Waals surface area contributed by atoms with E-state index in [1.54, 1.807) is 39.2 Å². The van der Waals surface area contributed by atoms with Crippen molar-refractivity contribution in [2.24, 2.45) is 0 Å². The summed E-state index contributed by atoms with van der Waals surface area (Å²) < 4.78 is 52.7. The highest BCUT2D eigenvalue weighted by Crippen LogP contribution is 2.53. The van der Waals surface area contributed by atoms with Crippen molar-refractivity contribution in [1.82, 2.24) is 82.7 Å². The van der Waals surface area contributed by atoms with Gasteiger partial charge in [-0.1, -0.05) is 36.4 Å². The molecule has 0 radical (unpaired) electrons. The lowest BCUT2D eigenvalue weighted by molar-refractivity contribution is -0.165. The van der Waals surface area contributed by atoms with Crippen molar-refractivity contribution in [3.63, 3.8) is 0 Å². The number of aromatic nitrogens is 17. The maximum absolute atomic E-state index is 13.6. The number of hydrogen-bond donors (Lipinski definition) is 0. The van der Waals surface area contributed by atoms with Crippen LogP contribution in [0, 0.1) is 20.8 Å². The summed E-state index contributed by atoms with van der Waals surface area (Å²) in [6, 6.07) is 27.2. The summed E-state index contributed by atoms with van der Waals surface area (Å²) in [6.45, 7) is 8.48. The average molecular weight is 1410 g/mol. The van der Waals surface area contributed by atoms with Crippen LogP contribution in [0.4, 0.5) is 30.6 Å². The molecule has 1 spiro atoms. The average Bonchev–Trinajstić information content (AvgIpc) is 1.55. The molecule has 4 fully saturated rings. The number of carbonyl (C=O) groups excluding carboxylic acids is 3. The van der Waals surface area contributed by atoms with Gasteiger partial charge in [0.2, 0.25) is 0 Å². The lowest BCUT2D eigenvalue weighted by Crippen LogP contribution is -2.25. The molecule has 4 saturated carbocycles. The van der Waals surface area contributed by atoms with Gasteiger partial charge in [-0.15, -0.1) is 20.4 Å². The fourth-order valence-electron chi connectivity index (χ4n) is 16.5. The quantitative estimate of drug-likeness (QED) is 0.111. The zero-order valence-corrected chi connectivity index (χ0v) is 58.0. The molecular formula is C79H71F3N20O3. The van der Waals surface area contributed by atoms with Crippen molar-refractivity contribution in [3.8, 4) is 51.6 Å². The van der Waals surface area contributed by atoms with E-state index in [1.807, 2.05) is 95.6 Å². The van der Waals surface area contributed by atoms with Gasteiger partial charge >= 0.3 is 6.18 Å². The minimum absolute atomic E-state index is 0.00524. The number of imidazole rings is 4. The van der Waals surface area contributed by atoms with E-state index in [2.05, 4.69) is 97.4 Å². The Bertz CT molecular complexity index is 5620. The Morgan fingerprint density at radius 3 is 1.35 bits per heavy atom. The van der Waals surface area contributed by atoms with Gasteiger partial charge in [-0.25, -0.2) is 34.9 Å². The van der Waals surface area contributed by atoms with Gasteiger partial charge in [0.1, 0.15) is 52.2 Å². The Hall–Kier alpha value is -11.6. The van der Waals surface area contributed by atoms with Crippen LogP contribution in [-0.4, -0.2) is 107 Å². The summed E-state index contributed by atoms with van der Waals surface area (Å²) in [5.41, 5.74) is 17.2. The number of nitrogens with zero attached hydrogens (tertiary/aromatic N) is 20. The van der Waals surface area contributed by atoms with Crippen LogP contribution in [0.15, 0.2) is 135 Å². The molecule has 0 N–H and O–H groups in total. The SMILES string of the molecule is Cc1cc2c(cc1-n1cnc(C3CC3)c1)C(=O)N(c1cccc(-c3ncc4n3[C@H](C(F)(F)F)CC4)n1)C2.Cc1cc2c(cc1-n1cnc(C3CC3)c1)C(=O)N(c1cccc(-c3nnc4n3C3(CC4)CC3)n1)C2.Cc1cc2c(cc1-n1cnc(C3CC3)c1)C(=O)N(c1cccc(-c3nnc4n3CCC4)n1)C2. The Labute approximate surface area is 600 Å². The molecule has 23 nitrogen and oxygen atoms in total. The number of halogens is 3. The normalized spacial score (nSPS) is 18.5. The zero-order chi connectivity index (χ0) is 70.9. The van der Waals surface area contributed by atoms with Crippen LogP contribution < -0.4 is 14.7 Å². The number of aryl methyl sites for hydroxylation is 6. The van der Waals surface area contributed by atoms with Crippen molar-refractivity contribution >= 4 is 35.2 Å². The maximum atomic E-state index is 13.6. The third-order valence-corrected chi connectivity index (χ3v) is 22.7. The molecule has 1 atom stereocenters. The molecule has 0 unspecified atom stereocenters. The maximum Gasteiger partial charge on any atom is 0.409 e. The lowest BCUT2D eigenvalue weighted by Gasteiger charge is -2.20. The fraction of sp³-hybridized carbons (Fsp3) is 0.342. The van der Waals surface area contributed by atoms with E-state index in [0.717, 1.165) is 158 Å². The number of pyridine rings is 3. The van der Waals surface area contributed by atoms with Crippen LogP contribution in [0.25, 0.3) is 51.6 Å². The number of benzene rings is 3. The number of alkyl halides is 3. The standard InChI is InChI=1S/C27H23F3N6O.C27H25N7O.C25H23N7O/c1-15-9-17-12-35(26(37)19(17)10-22(15)34-13-21(32-14-34)16-5-6-16)24-4-2-3-20(33-24)25-31-11-18-7-8-23(36(18)25)27(28,29)30;1-16-11-18-13-33(26(35)19(18)12-22(16)32-14-21(28-15-32)17-5-6-17)23-4-2-3-20(29-23)25-31-30-24-7-8-27(9-10-27)34(24)25;1-15-10-17-12-32(22-5-2-4-19(27-22)24-29-28-23-6-3-9-31(23)24)25(33)18(17)11-21(15)30-13-20(26-14-30)16-7-8-16/h2-4,9-11,13-14,16,23H,5-8,12H2,1H3;2-4,11-12,14-15,17H,5-10,13H2,1H3;2,4-5,10-11,13-14,16H,3,6-9,12H2,1H3/t23-;;/m0../s1. The van der Waals surface area contributed by atoms with Crippen molar-refractivity contribution < 1.29 is 27.6 Å². The number of fused-ring (bicyclic) bond motifs is 7. The van der Waals surface area contributed by atoms with Crippen LogP contribution >= 0.6 is 0 Å². The molecule has 6 aliphatic heterocycles. The third kappa shape index (κ3) is 10.9. The van der Waals surface area contributed by atoms with Gasteiger partial charge in [0.15, 0.2) is 17.5 Å². The molecule has 9 aromatic heterocycles. The van der Waals surface area contributed by atoms with Crippen molar-refractivity contribution in [2.75, 3.05) is 14.7 Å². The summed E-state index contributed by atoms with van der Waals surface area (Å²) in [5.74, 6) is 7.03. The summed E-state index contributed by atoms with van der Waals surface area (Å²) in [4.78, 5) is 77.8. The first-order valence-electron chi connectivity index (χ1n) is 36.4. The molecule has 3 aromatic carbocycles. The molecule has 12 aromatic rings. The van der Waals surface area contributed by atoms with Crippen molar-refractivity contribution in [3.05, 3.63) is 219 Å². The Morgan fingerprint density at radius 1 is 0.467 bits per heavy atom. The van der Waals surface area contributed by atoms with Gasteiger partial charge in [0, 0.05) is 89.9 Å². The monoisotopic (exact) mass is 1400 g/mol. The van der Waals surface area contributed by atoms with Crippen molar-refractivity contribution in [1.29, 1.82) is 0 Å². The van der Waals surface area contributed by atoms with Gasteiger partial charge in [-0.05, 0) is 186 Å². The third-order valence-electron chi connectivity index (χ3n) is 22.7. The first-order chi connectivity index (χ1) is 51.0. The number of anilines is 3. The second kappa shape index (κ2) is 23.7. The van der Waals surface area contributed by atoms with E-state index in [-0.39, 0.29) is 35.5 Å². The van der Waals surface area contributed by atoms with Gasteiger partial charge in [0.25, 0.3) is 17.7 Å². The number of carbonyl (C=O) groups is 3. The molecule has 15 heterocycles. The molecule has 0 bridgehead atoms. The van der Waals surface area contributed by atoms with Crippen LogP contribution in [0.1, 0.15) is 193 Å². The summed E-state index contributed by atoms with van der Waals surface area (Å²) in [5, 5.41) is 17.6. The molecule has 3 amide bonds. The topological polar surface area (TPSA) is 232 Å². The molecule has 4 aliphatic carbocycles. The van der Waals surface area contributed by atoms with Crippen LogP contribution in [-0.2, 0) is 51.0 Å². The summed E-state index contributed by atoms with van der Waals surface area (Å²) in [6.07, 6.45) is 22.9. The van der Waals surface area contributed by atoms with Crippen LogP contribution in [0.3, 0.4) is 0 Å². The Morgan fingerprint density at radius 2 is 0.905 bits per heavy atom. The first-order valence-corrected chi connectivity index (χ1v) is 36.4. The van der Waals surface area contributed by atoms with Crippen LogP contribution in [0.5, 0.6) is 0 Å². The minimum Gasteiger partial charge on any atom is -0.315 e. The second-order valence-corrected chi connectivity index (χ2v) is 29.9. The van der Waals surface area contributed by atoms with E-state index < -0.39 is 12.2 Å². The van der Waals surface area contributed by atoms with E-state index in [9.17, 15) is 27.6 Å². The van der Waals surface area contributed by atoms with E-state index in [0.29, 0.717) is 78.2 Å². The molecule has 0 saturated heterocycles. The van der Waals surface area contributed by atoms with E-state index in [1.165, 1.54) is 49.3 Å². The highest BCUT2D eigenvalue weighted by molar-refractivity contribution is 6.11. The number of rotatable bonds is 12. The smallest absolute Gasteiger partial charge is 0.315 e. The molecule has 22 rings (SSSR count). The van der Waals surface area contributed by atoms with Gasteiger partial charge in [-0.2, -0.15) is 13.2 Å². The molecule has 10 aliphatic rings. The highest BCUT2D eigenvalue weighted by Gasteiger charge is 2.51. The zero-order valence-electron chi connectivity index (χ0n) is 58.0. The Kier molecular flexibility index (Phi) is 14.3. The molecule has 526 valence electrons. The molecule has 105 heavy (non-hydrogen) atoms. The highest BCUT2D eigenvalue weighted by atomic mass is 19.4. The van der Waals surface area contributed by atoms with Crippen molar-refractivity contribution in [2.45, 2.75) is 172 Å². The predicted molar refractivity (Wildman–Crippen MR) is 382 cm³/mol. The number of amides is 3. The molecular weight excluding hydrogens is 1330 g/mol. The largest absolute Gasteiger partial charge is 0.409 e. The minimum atomic E-state index is -4.37.